The predicted octanol–water partition coefficient (Wildman–Crippen LogP) is 3.39. The van der Waals surface area contributed by atoms with E-state index in [4.69, 9.17) is 4.74 Å². The van der Waals surface area contributed by atoms with Crippen molar-refractivity contribution in [2.24, 2.45) is 0 Å². The lowest BCUT2D eigenvalue weighted by Crippen LogP contribution is -2.31. The molecule has 2 aromatic carbocycles. The van der Waals surface area contributed by atoms with Crippen molar-refractivity contribution in [3.05, 3.63) is 71.4 Å². The maximum absolute atomic E-state index is 13.3. The summed E-state index contributed by atoms with van der Waals surface area (Å²) >= 11 is 0. The van der Waals surface area contributed by atoms with Gasteiger partial charge >= 0.3 is 0 Å². The first kappa shape index (κ1) is 18.7. The molecular weight excluding hydrogens is 368 g/mol. The number of hydrogen-bond acceptors (Lipinski definition) is 6. The molecule has 0 aliphatic carbocycles. The number of anilines is 2. The Morgan fingerprint density at radius 3 is 2.72 bits per heavy atom. The fraction of sp³-hybridized carbons (Fsp3) is 0.238. The van der Waals surface area contributed by atoms with Crippen molar-refractivity contribution in [2.75, 3.05) is 17.2 Å². The molecule has 2 heterocycles. The molecule has 8 heteroatoms. The standard InChI is InChI=1S/C21H22N6O2/c1-3-13-29-17-12-8-7-11-16(17)19-18(14(2)22-21-24-25-26-27(19)21)20(28)23-15-9-5-4-6-10-15/h4-12,19H,3,13H2,1-2H3,(H,23,28)(H,22,24,26)/t19-/m1/s1. The minimum absolute atomic E-state index is 0.224. The molecule has 1 aliphatic heterocycles. The quantitative estimate of drug-likeness (QED) is 0.670. The third-order valence-corrected chi connectivity index (χ3v) is 4.67. The van der Waals surface area contributed by atoms with Gasteiger partial charge in [0.05, 0.1) is 12.2 Å². The molecule has 1 amide bonds. The number of ether oxygens (including phenoxy) is 1. The van der Waals surface area contributed by atoms with Crippen molar-refractivity contribution in [1.82, 2.24) is 20.2 Å². The minimum Gasteiger partial charge on any atom is -0.493 e. The zero-order valence-electron chi connectivity index (χ0n) is 16.3. The topological polar surface area (TPSA) is 94.0 Å². The van der Waals surface area contributed by atoms with Gasteiger partial charge in [-0.05, 0) is 42.0 Å². The van der Waals surface area contributed by atoms with E-state index < -0.39 is 6.04 Å². The number of nitrogens with zero attached hydrogens (tertiary/aromatic N) is 4. The number of rotatable bonds is 6. The highest BCUT2D eigenvalue weighted by Gasteiger charge is 2.35. The molecule has 3 aromatic rings. The van der Waals surface area contributed by atoms with Crippen molar-refractivity contribution in [2.45, 2.75) is 26.3 Å². The van der Waals surface area contributed by atoms with Crippen LogP contribution in [0.1, 0.15) is 31.9 Å². The average Bonchev–Trinajstić information content (AvgIpc) is 3.20. The van der Waals surface area contributed by atoms with Gasteiger partial charge in [0, 0.05) is 16.9 Å². The van der Waals surface area contributed by atoms with Crippen LogP contribution in [0.25, 0.3) is 0 Å². The Bertz CT molecular complexity index is 1040. The smallest absolute Gasteiger partial charge is 0.255 e. The fourth-order valence-corrected chi connectivity index (χ4v) is 3.36. The Morgan fingerprint density at radius 1 is 1.17 bits per heavy atom. The van der Waals surface area contributed by atoms with E-state index in [2.05, 4.69) is 33.1 Å². The Kier molecular flexibility index (Phi) is 5.24. The third-order valence-electron chi connectivity index (χ3n) is 4.67. The highest BCUT2D eigenvalue weighted by atomic mass is 16.5. The SMILES string of the molecule is CCCOc1ccccc1[C@@H]1C(C(=O)Nc2ccccc2)=C(C)Nc2nnnn21. The minimum atomic E-state index is -0.516. The van der Waals surface area contributed by atoms with Gasteiger partial charge in [-0.3, -0.25) is 4.79 Å². The second kappa shape index (κ2) is 8.14. The molecule has 0 spiro atoms. The number of para-hydroxylation sites is 2. The third kappa shape index (κ3) is 3.69. The molecule has 0 bridgehead atoms. The van der Waals surface area contributed by atoms with Crippen LogP contribution in [0.2, 0.25) is 0 Å². The van der Waals surface area contributed by atoms with Crippen molar-refractivity contribution >= 4 is 17.5 Å². The number of nitrogens with one attached hydrogen (secondary N) is 2. The maximum atomic E-state index is 13.3. The second-order valence-electron chi connectivity index (χ2n) is 6.72. The van der Waals surface area contributed by atoms with Crippen LogP contribution in [-0.4, -0.2) is 32.7 Å². The summed E-state index contributed by atoms with van der Waals surface area (Å²) in [6, 6.07) is 16.5. The lowest BCUT2D eigenvalue weighted by molar-refractivity contribution is -0.113. The largest absolute Gasteiger partial charge is 0.493 e. The first-order valence-corrected chi connectivity index (χ1v) is 9.52. The number of allylic oxidation sites excluding steroid dienone is 1. The fourth-order valence-electron chi connectivity index (χ4n) is 3.36. The van der Waals surface area contributed by atoms with Gasteiger partial charge < -0.3 is 15.4 Å². The molecule has 1 aliphatic rings. The van der Waals surface area contributed by atoms with E-state index in [9.17, 15) is 4.79 Å². The van der Waals surface area contributed by atoms with Crippen LogP contribution in [0, 0.1) is 0 Å². The summed E-state index contributed by atoms with van der Waals surface area (Å²) in [5, 5.41) is 18.0. The molecular formula is C21H22N6O2. The molecule has 8 nitrogen and oxygen atoms in total. The summed E-state index contributed by atoms with van der Waals surface area (Å²) in [5.74, 6) is 0.965. The summed E-state index contributed by atoms with van der Waals surface area (Å²) in [4.78, 5) is 13.3. The van der Waals surface area contributed by atoms with E-state index >= 15 is 0 Å². The number of aromatic nitrogens is 4. The summed E-state index contributed by atoms with van der Waals surface area (Å²) < 4.78 is 7.57. The molecule has 1 atom stereocenters. The number of benzene rings is 2. The Balaban J connectivity index is 1.78. The summed E-state index contributed by atoms with van der Waals surface area (Å²) in [6.07, 6.45) is 0.882. The molecule has 0 fully saturated rings. The Labute approximate surface area is 168 Å². The summed E-state index contributed by atoms with van der Waals surface area (Å²) in [6.45, 7) is 4.48. The zero-order valence-corrected chi connectivity index (χ0v) is 16.3. The van der Waals surface area contributed by atoms with Crippen LogP contribution >= 0.6 is 0 Å². The highest BCUT2D eigenvalue weighted by molar-refractivity contribution is 6.06. The monoisotopic (exact) mass is 390 g/mol. The Morgan fingerprint density at radius 2 is 1.93 bits per heavy atom. The lowest BCUT2D eigenvalue weighted by atomic mass is 9.94. The average molecular weight is 390 g/mol. The van der Waals surface area contributed by atoms with E-state index in [0.29, 0.717) is 29.6 Å². The van der Waals surface area contributed by atoms with Gasteiger partial charge in [-0.1, -0.05) is 48.4 Å². The van der Waals surface area contributed by atoms with Gasteiger partial charge in [0.2, 0.25) is 5.95 Å². The molecule has 2 N–H and O–H groups in total. The van der Waals surface area contributed by atoms with Gasteiger partial charge in [0.15, 0.2) is 0 Å². The van der Waals surface area contributed by atoms with Gasteiger partial charge in [-0.15, -0.1) is 0 Å². The van der Waals surface area contributed by atoms with Crippen molar-refractivity contribution in [1.29, 1.82) is 0 Å². The van der Waals surface area contributed by atoms with Crippen LogP contribution in [-0.2, 0) is 4.79 Å². The summed E-state index contributed by atoms with van der Waals surface area (Å²) in [7, 11) is 0. The number of fused-ring (bicyclic) bond motifs is 1. The van der Waals surface area contributed by atoms with Crippen molar-refractivity contribution in [3.63, 3.8) is 0 Å². The number of carbonyl (C=O) groups is 1. The zero-order chi connectivity index (χ0) is 20.2. The second-order valence-corrected chi connectivity index (χ2v) is 6.72. The van der Waals surface area contributed by atoms with E-state index in [1.54, 1.807) is 4.68 Å². The first-order valence-electron chi connectivity index (χ1n) is 9.52. The van der Waals surface area contributed by atoms with Crippen LogP contribution in [0.15, 0.2) is 65.9 Å². The molecule has 0 saturated heterocycles. The molecule has 0 unspecified atom stereocenters. The highest BCUT2D eigenvalue weighted by Crippen LogP contribution is 2.38. The van der Waals surface area contributed by atoms with E-state index in [1.165, 1.54) is 0 Å². The number of carbonyl (C=O) groups excluding carboxylic acids is 1. The summed E-state index contributed by atoms with van der Waals surface area (Å²) in [5.41, 5.74) is 2.76. The van der Waals surface area contributed by atoms with Gasteiger partial charge in [0.25, 0.3) is 5.91 Å². The predicted molar refractivity (Wildman–Crippen MR) is 110 cm³/mol. The number of hydrogen-bond donors (Lipinski definition) is 2. The van der Waals surface area contributed by atoms with Crippen LogP contribution in [0.3, 0.4) is 0 Å². The molecule has 0 saturated carbocycles. The lowest BCUT2D eigenvalue weighted by Gasteiger charge is -2.29. The van der Waals surface area contributed by atoms with Gasteiger partial charge in [0.1, 0.15) is 11.8 Å². The van der Waals surface area contributed by atoms with E-state index in [-0.39, 0.29) is 5.91 Å². The number of amides is 1. The first-order chi connectivity index (χ1) is 14.2. The van der Waals surface area contributed by atoms with Gasteiger partial charge in [-0.2, -0.15) is 4.68 Å². The maximum Gasteiger partial charge on any atom is 0.255 e. The molecule has 1 aromatic heterocycles. The van der Waals surface area contributed by atoms with Gasteiger partial charge in [-0.25, -0.2) is 0 Å². The van der Waals surface area contributed by atoms with Crippen molar-refractivity contribution in [3.8, 4) is 5.75 Å². The Hall–Kier alpha value is -3.68. The molecule has 0 radical (unpaired) electrons. The van der Waals surface area contributed by atoms with Crippen LogP contribution in [0.5, 0.6) is 5.75 Å². The molecule has 29 heavy (non-hydrogen) atoms. The van der Waals surface area contributed by atoms with E-state index in [1.807, 2.05) is 61.5 Å². The molecule has 4 rings (SSSR count). The van der Waals surface area contributed by atoms with Crippen LogP contribution < -0.4 is 15.4 Å². The number of tetrazole rings is 1. The normalized spacial score (nSPS) is 15.4. The van der Waals surface area contributed by atoms with Crippen LogP contribution in [0.4, 0.5) is 11.6 Å². The van der Waals surface area contributed by atoms with E-state index in [0.717, 1.165) is 17.7 Å². The molecule has 148 valence electrons. The van der Waals surface area contributed by atoms with Crippen molar-refractivity contribution < 1.29 is 9.53 Å².